The van der Waals surface area contributed by atoms with E-state index in [0.29, 0.717) is 37.1 Å². The van der Waals surface area contributed by atoms with Crippen LogP contribution in [0.3, 0.4) is 0 Å². The molecule has 0 spiro atoms. The van der Waals surface area contributed by atoms with Gasteiger partial charge in [-0.25, -0.2) is 0 Å². The van der Waals surface area contributed by atoms with E-state index in [1.807, 2.05) is 0 Å². The maximum atomic E-state index is 6.13. The van der Waals surface area contributed by atoms with Crippen LogP contribution in [0.25, 0.3) is 11.3 Å². The van der Waals surface area contributed by atoms with Crippen LogP contribution in [0.15, 0.2) is 24.4 Å². The van der Waals surface area contributed by atoms with E-state index >= 15 is 0 Å². The number of ether oxygens (including phenoxy) is 1. The molecule has 0 unspecified atom stereocenters. The average Bonchev–Trinajstić information content (AvgIpc) is 2.29. The fraction of sp³-hybridized carbons (Fsp3) is 0.0833. The molecule has 6 heteroatoms. The van der Waals surface area contributed by atoms with Crippen molar-refractivity contribution in [1.29, 1.82) is 0 Å². The highest BCUT2D eigenvalue weighted by Crippen LogP contribution is 2.39. The van der Waals surface area contributed by atoms with Gasteiger partial charge in [-0.2, -0.15) is 0 Å². The summed E-state index contributed by atoms with van der Waals surface area (Å²) in [5.74, 6) is 0.560. The Labute approximate surface area is 124 Å². The minimum Gasteiger partial charge on any atom is -0.495 e. The molecule has 0 aliphatic heterocycles. The van der Waals surface area contributed by atoms with Gasteiger partial charge in [-0.15, -0.1) is 0 Å². The van der Waals surface area contributed by atoms with Crippen molar-refractivity contribution in [3.8, 4) is 17.0 Å². The molecule has 0 radical (unpaired) electrons. The molecule has 0 saturated carbocycles. The van der Waals surface area contributed by atoms with Gasteiger partial charge in [0.15, 0.2) is 0 Å². The van der Waals surface area contributed by atoms with Crippen LogP contribution in [0.5, 0.6) is 5.75 Å². The second kappa shape index (κ2) is 5.54. The van der Waals surface area contributed by atoms with E-state index in [4.69, 9.17) is 51.1 Å². The lowest BCUT2D eigenvalue weighted by molar-refractivity contribution is 0.413. The molecule has 0 bridgehead atoms. The molecule has 1 aromatic carbocycles. The zero-order valence-corrected chi connectivity index (χ0v) is 12.2. The maximum absolute atomic E-state index is 6.13. The summed E-state index contributed by atoms with van der Waals surface area (Å²) in [6.45, 7) is 0. The number of hydrogen-bond acceptors (Lipinski definition) is 2. The van der Waals surface area contributed by atoms with Gasteiger partial charge in [-0.05, 0) is 12.1 Å². The monoisotopic (exact) mass is 321 g/mol. The molecule has 0 N–H and O–H groups in total. The molecule has 2 nitrogen and oxygen atoms in total. The van der Waals surface area contributed by atoms with Crippen LogP contribution in [-0.2, 0) is 0 Å². The van der Waals surface area contributed by atoms with Crippen molar-refractivity contribution in [2.45, 2.75) is 0 Å². The molecule has 1 aromatic heterocycles. The molecule has 1 heterocycles. The summed E-state index contributed by atoms with van der Waals surface area (Å²) in [5.41, 5.74) is 1.04. The lowest BCUT2D eigenvalue weighted by Gasteiger charge is -2.10. The molecule has 0 atom stereocenters. The zero-order chi connectivity index (χ0) is 13.3. The summed E-state index contributed by atoms with van der Waals surface area (Å²) in [7, 11) is 1.54. The molecule has 2 aromatic rings. The standard InChI is InChI=1S/C12H7Cl4NO/c1-18-7-4-10(16)12(17-5-7)11-8(14)2-6(13)3-9(11)15/h2-5H,1H3. The first-order valence-corrected chi connectivity index (χ1v) is 6.38. The summed E-state index contributed by atoms with van der Waals surface area (Å²) in [5, 5.41) is 1.65. The van der Waals surface area contributed by atoms with Crippen molar-refractivity contribution in [2.75, 3.05) is 7.11 Å². The van der Waals surface area contributed by atoms with Crippen LogP contribution in [0.2, 0.25) is 20.1 Å². The Morgan fingerprint density at radius 1 is 0.944 bits per heavy atom. The van der Waals surface area contributed by atoms with Crippen LogP contribution >= 0.6 is 46.4 Å². The maximum Gasteiger partial charge on any atom is 0.138 e. The van der Waals surface area contributed by atoms with Gasteiger partial charge >= 0.3 is 0 Å². The van der Waals surface area contributed by atoms with Gasteiger partial charge in [-0.3, -0.25) is 4.98 Å². The lowest BCUT2D eigenvalue weighted by Crippen LogP contribution is -1.90. The number of halogens is 4. The molecular formula is C12H7Cl4NO. The van der Waals surface area contributed by atoms with Crippen LogP contribution in [0.4, 0.5) is 0 Å². The third kappa shape index (κ3) is 2.67. The minimum atomic E-state index is 0.395. The smallest absolute Gasteiger partial charge is 0.138 e. The second-order valence-electron chi connectivity index (χ2n) is 3.45. The van der Waals surface area contributed by atoms with Gasteiger partial charge in [0, 0.05) is 16.7 Å². The van der Waals surface area contributed by atoms with Crippen molar-refractivity contribution in [3.05, 3.63) is 44.5 Å². The van der Waals surface area contributed by atoms with E-state index in [0.717, 1.165) is 0 Å². The topological polar surface area (TPSA) is 22.1 Å². The van der Waals surface area contributed by atoms with Crippen molar-refractivity contribution in [1.82, 2.24) is 4.98 Å². The number of aromatic nitrogens is 1. The quantitative estimate of drug-likeness (QED) is 0.741. The molecular weight excluding hydrogens is 316 g/mol. The Morgan fingerprint density at radius 3 is 2.06 bits per heavy atom. The molecule has 0 saturated heterocycles. The van der Waals surface area contributed by atoms with Gasteiger partial charge in [-0.1, -0.05) is 46.4 Å². The van der Waals surface area contributed by atoms with E-state index in [1.54, 1.807) is 24.4 Å². The summed E-state index contributed by atoms with van der Waals surface area (Å²) >= 11 is 24.2. The first-order chi connectivity index (χ1) is 8.52. The Kier molecular flexibility index (Phi) is 4.23. The summed E-state index contributed by atoms with van der Waals surface area (Å²) in [4.78, 5) is 4.20. The highest BCUT2D eigenvalue weighted by atomic mass is 35.5. The lowest BCUT2D eigenvalue weighted by atomic mass is 10.1. The van der Waals surface area contributed by atoms with Crippen molar-refractivity contribution < 1.29 is 4.74 Å². The van der Waals surface area contributed by atoms with E-state index in [-0.39, 0.29) is 0 Å². The summed E-state index contributed by atoms with van der Waals surface area (Å²) < 4.78 is 5.03. The Morgan fingerprint density at radius 2 is 1.56 bits per heavy atom. The number of pyridine rings is 1. The van der Waals surface area contributed by atoms with Gasteiger partial charge in [0.05, 0.1) is 34.1 Å². The Bertz CT molecular complexity index is 578. The van der Waals surface area contributed by atoms with Crippen LogP contribution < -0.4 is 4.74 Å². The minimum absolute atomic E-state index is 0.395. The third-order valence-corrected chi connectivity index (χ3v) is 3.40. The normalized spacial score (nSPS) is 10.5. The van der Waals surface area contributed by atoms with Crippen molar-refractivity contribution in [2.24, 2.45) is 0 Å². The van der Waals surface area contributed by atoms with Crippen molar-refractivity contribution in [3.63, 3.8) is 0 Å². The van der Waals surface area contributed by atoms with Crippen LogP contribution in [0.1, 0.15) is 0 Å². The Balaban J connectivity index is 2.62. The third-order valence-electron chi connectivity index (χ3n) is 2.30. The van der Waals surface area contributed by atoms with Gasteiger partial charge in [0.2, 0.25) is 0 Å². The van der Waals surface area contributed by atoms with Gasteiger partial charge in [0.1, 0.15) is 5.75 Å². The molecule has 0 fully saturated rings. The molecule has 0 aliphatic carbocycles. The zero-order valence-electron chi connectivity index (χ0n) is 9.18. The molecule has 2 rings (SSSR count). The number of rotatable bonds is 2. The highest BCUT2D eigenvalue weighted by molar-refractivity contribution is 6.43. The molecule has 0 amide bonds. The van der Waals surface area contributed by atoms with E-state index in [2.05, 4.69) is 4.98 Å². The van der Waals surface area contributed by atoms with Crippen molar-refractivity contribution >= 4 is 46.4 Å². The van der Waals surface area contributed by atoms with E-state index in [9.17, 15) is 0 Å². The second-order valence-corrected chi connectivity index (χ2v) is 5.11. The Hall–Kier alpha value is -0.670. The highest BCUT2D eigenvalue weighted by Gasteiger charge is 2.15. The molecule has 94 valence electrons. The number of methoxy groups -OCH3 is 1. The predicted molar refractivity (Wildman–Crippen MR) is 76.3 cm³/mol. The molecule has 18 heavy (non-hydrogen) atoms. The van der Waals surface area contributed by atoms with Gasteiger partial charge < -0.3 is 4.74 Å². The largest absolute Gasteiger partial charge is 0.495 e. The van der Waals surface area contributed by atoms with E-state index < -0.39 is 0 Å². The summed E-state index contributed by atoms with van der Waals surface area (Å²) in [6.07, 6.45) is 1.54. The fourth-order valence-electron chi connectivity index (χ4n) is 1.48. The first-order valence-electron chi connectivity index (χ1n) is 4.87. The molecule has 0 aliphatic rings. The SMILES string of the molecule is COc1cnc(-c2c(Cl)cc(Cl)cc2Cl)c(Cl)c1. The first kappa shape index (κ1) is 13.8. The number of hydrogen-bond donors (Lipinski definition) is 0. The van der Waals surface area contributed by atoms with Crippen LogP contribution in [-0.4, -0.2) is 12.1 Å². The van der Waals surface area contributed by atoms with E-state index in [1.165, 1.54) is 7.11 Å². The fourth-order valence-corrected chi connectivity index (χ4v) is 2.73. The van der Waals surface area contributed by atoms with Gasteiger partial charge in [0.25, 0.3) is 0 Å². The number of nitrogens with zero attached hydrogens (tertiary/aromatic N) is 1. The van der Waals surface area contributed by atoms with Crippen LogP contribution in [0, 0.1) is 0 Å². The predicted octanol–water partition coefficient (Wildman–Crippen LogP) is 5.37. The number of benzene rings is 1. The average molecular weight is 323 g/mol. The summed E-state index contributed by atoms with van der Waals surface area (Å²) in [6, 6.07) is 4.82.